The first-order valence-corrected chi connectivity index (χ1v) is 8.99. The minimum Gasteiger partial charge on any atom is -0.293 e. The van der Waals surface area contributed by atoms with Crippen molar-refractivity contribution in [1.82, 2.24) is 34.3 Å². The van der Waals surface area contributed by atoms with E-state index in [0.29, 0.717) is 17.5 Å². The molecule has 4 heterocycles. The normalized spacial score (nSPS) is 18.6. The number of rotatable bonds is 5. The van der Waals surface area contributed by atoms with Gasteiger partial charge in [0.1, 0.15) is 17.7 Å². The quantitative estimate of drug-likeness (QED) is 0.685. The molecule has 0 spiro atoms. The highest BCUT2D eigenvalue weighted by Gasteiger charge is 2.25. The highest BCUT2D eigenvalue weighted by molar-refractivity contribution is 7.16. The molecule has 1 aliphatic rings. The number of likely N-dealkylation sites (tertiary alicyclic amines) is 1. The number of fused-ring (bicyclic) bond motifs is 1. The summed E-state index contributed by atoms with van der Waals surface area (Å²) in [6.07, 6.45) is 6.40. The molecule has 126 valence electrons. The van der Waals surface area contributed by atoms with Crippen LogP contribution in [0.3, 0.4) is 0 Å². The molecular formula is C15H19N7OS. The molecule has 0 unspecified atom stereocenters. The number of aromatic nitrogens is 6. The summed E-state index contributed by atoms with van der Waals surface area (Å²) in [6.45, 7) is 4.55. The summed E-state index contributed by atoms with van der Waals surface area (Å²) < 4.78 is 3.27. The van der Waals surface area contributed by atoms with Crippen LogP contribution < -0.4 is 5.56 Å². The second-order valence-electron chi connectivity index (χ2n) is 6.01. The first-order valence-electron chi connectivity index (χ1n) is 8.18. The van der Waals surface area contributed by atoms with Gasteiger partial charge in [-0.05, 0) is 25.8 Å². The van der Waals surface area contributed by atoms with Gasteiger partial charge < -0.3 is 0 Å². The summed E-state index contributed by atoms with van der Waals surface area (Å²) >= 11 is 1.49. The Labute approximate surface area is 142 Å². The molecule has 9 heteroatoms. The third kappa shape index (κ3) is 2.96. The van der Waals surface area contributed by atoms with E-state index in [4.69, 9.17) is 0 Å². The molecule has 8 nitrogen and oxygen atoms in total. The molecule has 0 bridgehead atoms. The van der Waals surface area contributed by atoms with Crippen molar-refractivity contribution >= 4 is 16.3 Å². The zero-order valence-electron chi connectivity index (χ0n) is 13.5. The Balaban J connectivity index is 1.55. The Morgan fingerprint density at radius 1 is 1.42 bits per heavy atom. The molecule has 0 aromatic carbocycles. The second-order valence-corrected chi connectivity index (χ2v) is 7.05. The maximum absolute atomic E-state index is 12.3. The van der Waals surface area contributed by atoms with Crippen molar-refractivity contribution in [3.63, 3.8) is 0 Å². The fourth-order valence-corrected chi connectivity index (χ4v) is 4.04. The average Bonchev–Trinajstić information content (AvgIpc) is 3.29. The van der Waals surface area contributed by atoms with Crippen LogP contribution in [-0.2, 0) is 19.5 Å². The van der Waals surface area contributed by atoms with E-state index in [1.807, 2.05) is 11.6 Å². The molecule has 0 aliphatic carbocycles. The molecule has 1 saturated heterocycles. The zero-order chi connectivity index (χ0) is 16.5. The van der Waals surface area contributed by atoms with Gasteiger partial charge in [-0.2, -0.15) is 14.7 Å². The lowest BCUT2D eigenvalue weighted by Crippen LogP contribution is -2.33. The van der Waals surface area contributed by atoms with Gasteiger partial charge in [-0.3, -0.25) is 14.4 Å². The Hall–Kier alpha value is -2.13. The van der Waals surface area contributed by atoms with E-state index in [1.54, 1.807) is 18.7 Å². The molecule has 3 aromatic heterocycles. The van der Waals surface area contributed by atoms with E-state index in [9.17, 15) is 4.79 Å². The topological polar surface area (TPSA) is 81.2 Å². The number of hydrogen-bond donors (Lipinski definition) is 0. The van der Waals surface area contributed by atoms with Crippen LogP contribution in [-0.4, -0.2) is 46.8 Å². The van der Waals surface area contributed by atoms with Crippen LogP contribution in [0.2, 0.25) is 0 Å². The minimum atomic E-state index is -0.0991. The zero-order valence-corrected chi connectivity index (χ0v) is 14.3. The van der Waals surface area contributed by atoms with Gasteiger partial charge in [0, 0.05) is 18.7 Å². The Morgan fingerprint density at radius 2 is 2.33 bits per heavy atom. The highest BCUT2D eigenvalue weighted by Crippen LogP contribution is 2.21. The van der Waals surface area contributed by atoms with Crippen LogP contribution in [0.4, 0.5) is 0 Å². The van der Waals surface area contributed by atoms with E-state index in [-0.39, 0.29) is 5.56 Å². The van der Waals surface area contributed by atoms with Gasteiger partial charge in [-0.1, -0.05) is 18.3 Å². The molecule has 24 heavy (non-hydrogen) atoms. The van der Waals surface area contributed by atoms with E-state index < -0.39 is 0 Å². The van der Waals surface area contributed by atoms with Gasteiger partial charge >= 0.3 is 0 Å². The van der Waals surface area contributed by atoms with Crippen LogP contribution in [0.15, 0.2) is 23.5 Å². The molecule has 0 amide bonds. The predicted molar refractivity (Wildman–Crippen MR) is 90.0 cm³/mol. The lowest BCUT2D eigenvalue weighted by Gasteiger charge is -2.23. The van der Waals surface area contributed by atoms with Gasteiger partial charge in [0.15, 0.2) is 0 Å². The van der Waals surface area contributed by atoms with Gasteiger partial charge in [0.2, 0.25) is 4.96 Å². The third-order valence-electron chi connectivity index (χ3n) is 4.37. The van der Waals surface area contributed by atoms with E-state index >= 15 is 0 Å². The van der Waals surface area contributed by atoms with E-state index in [0.717, 1.165) is 43.1 Å². The van der Waals surface area contributed by atoms with Crippen LogP contribution >= 0.6 is 11.3 Å². The SMILES string of the molecule is CCc1nn2c(=O)cc(CN3CCC[C@@H]3Cn3cncn3)nc2s1. The molecule has 4 rings (SSSR count). The standard InChI is InChI=1S/C15H19N7OS/c1-2-13-19-22-14(23)6-11(18-15(22)24-13)7-20-5-3-4-12(20)8-21-10-16-9-17-21/h6,9-10,12H,2-5,7-8H2,1H3/t12-/m1/s1. The monoisotopic (exact) mass is 345 g/mol. The van der Waals surface area contributed by atoms with Crippen LogP contribution in [0, 0.1) is 0 Å². The van der Waals surface area contributed by atoms with Crippen LogP contribution in [0.1, 0.15) is 30.5 Å². The van der Waals surface area contributed by atoms with Gasteiger partial charge in [-0.25, -0.2) is 9.97 Å². The summed E-state index contributed by atoms with van der Waals surface area (Å²) in [5, 5.41) is 9.42. The van der Waals surface area contributed by atoms with Crippen molar-refractivity contribution in [3.05, 3.63) is 39.8 Å². The molecule has 3 aromatic rings. The lowest BCUT2D eigenvalue weighted by molar-refractivity contribution is 0.216. The van der Waals surface area contributed by atoms with Gasteiger partial charge in [0.05, 0.1) is 12.2 Å². The highest BCUT2D eigenvalue weighted by atomic mass is 32.1. The summed E-state index contributed by atoms with van der Waals surface area (Å²) in [5.74, 6) is 0. The second kappa shape index (κ2) is 6.40. The number of aryl methyl sites for hydroxylation is 1. The molecular weight excluding hydrogens is 326 g/mol. The van der Waals surface area contributed by atoms with Crippen molar-refractivity contribution in [2.45, 2.75) is 45.3 Å². The first kappa shape index (κ1) is 15.4. The van der Waals surface area contributed by atoms with E-state index in [2.05, 4.69) is 25.1 Å². The Bertz CT molecular complexity index is 885. The van der Waals surface area contributed by atoms with Crippen molar-refractivity contribution in [2.75, 3.05) is 6.54 Å². The third-order valence-corrected chi connectivity index (χ3v) is 5.42. The fraction of sp³-hybridized carbons (Fsp3) is 0.533. The summed E-state index contributed by atoms with van der Waals surface area (Å²) in [5.41, 5.74) is 0.717. The Morgan fingerprint density at radius 3 is 3.12 bits per heavy atom. The number of nitrogens with zero attached hydrogens (tertiary/aromatic N) is 7. The van der Waals surface area contributed by atoms with Gasteiger partial charge in [0.25, 0.3) is 5.56 Å². The average molecular weight is 345 g/mol. The smallest absolute Gasteiger partial charge is 0.275 e. The first-order chi connectivity index (χ1) is 11.7. The molecule has 0 radical (unpaired) electrons. The molecule has 0 N–H and O–H groups in total. The largest absolute Gasteiger partial charge is 0.293 e. The summed E-state index contributed by atoms with van der Waals surface area (Å²) in [7, 11) is 0. The van der Waals surface area contributed by atoms with Crippen LogP contribution in [0.5, 0.6) is 0 Å². The predicted octanol–water partition coefficient (Wildman–Crippen LogP) is 0.969. The maximum atomic E-state index is 12.3. The molecule has 1 atom stereocenters. The summed E-state index contributed by atoms with van der Waals surface area (Å²) in [4.78, 5) is 24.0. The number of hydrogen-bond acceptors (Lipinski definition) is 7. The van der Waals surface area contributed by atoms with Crippen LogP contribution in [0.25, 0.3) is 4.96 Å². The summed E-state index contributed by atoms with van der Waals surface area (Å²) in [6, 6.07) is 2.01. The van der Waals surface area contributed by atoms with Crippen molar-refractivity contribution < 1.29 is 0 Å². The fourth-order valence-electron chi connectivity index (χ4n) is 3.18. The lowest BCUT2D eigenvalue weighted by atomic mass is 10.2. The van der Waals surface area contributed by atoms with Crippen molar-refractivity contribution in [1.29, 1.82) is 0 Å². The van der Waals surface area contributed by atoms with E-state index in [1.165, 1.54) is 15.9 Å². The van der Waals surface area contributed by atoms with Gasteiger partial charge in [-0.15, -0.1) is 0 Å². The maximum Gasteiger partial charge on any atom is 0.275 e. The van der Waals surface area contributed by atoms with Crippen molar-refractivity contribution in [3.8, 4) is 0 Å². The molecule has 1 aliphatic heterocycles. The molecule has 0 saturated carbocycles. The molecule has 1 fully saturated rings. The van der Waals surface area contributed by atoms with Crippen molar-refractivity contribution in [2.24, 2.45) is 0 Å². The Kier molecular flexibility index (Phi) is 4.11. The minimum absolute atomic E-state index is 0.0991.